The molecular formula is C7H5BrS. The third-order valence-corrected chi connectivity index (χ3v) is 2.84. The summed E-state index contributed by atoms with van der Waals surface area (Å²) in [6.45, 7) is 0. The van der Waals surface area contributed by atoms with E-state index < -0.39 is 0 Å². The zero-order valence-electron chi connectivity index (χ0n) is 4.73. The summed E-state index contributed by atoms with van der Waals surface area (Å²) < 4.78 is 1.21. The van der Waals surface area contributed by atoms with Gasteiger partial charge in [-0.2, -0.15) is 0 Å². The van der Waals surface area contributed by atoms with Crippen molar-refractivity contribution in [1.82, 2.24) is 0 Å². The second-order valence-corrected chi connectivity index (χ2v) is 4.05. The molecule has 0 amide bonds. The lowest BCUT2D eigenvalue weighted by atomic mass is 10.2. The molecule has 9 heavy (non-hydrogen) atoms. The summed E-state index contributed by atoms with van der Waals surface area (Å²) in [6, 6.07) is 6.56. The first kappa shape index (κ1) is 5.81. The Labute approximate surface area is 66.8 Å². The fourth-order valence-electron chi connectivity index (χ4n) is 0.954. The van der Waals surface area contributed by atoms with Crippen LogP contribution >= 0.6 is 27.7 Å². The highest BCUT2D eigenvalue weighted by Gasteiger charge is 2.06. The summed E-state index contributed by atoms with van der Waals surface area (Å²) in [5.41, 5.74) is 1.43. The quantitative estimate of drug-likeness (QED) is 0.621. The third-order valence-electron chi connectivity index (χ3n) is 1.34. The molecule has 0 unspecified atom stereocenters. The number of benzene rings is 1. The van der Waals surface area contributed by atoms with Crippen LogP contribution in [-0.2, 0) is 5.75 Å². The van der Waals surface area contributed by atoms with E-state index in [9.17, 15) is 0 Å². The van der Waals surface area contributed by atoms with E-state index in [2.05, 4.69) is 34.1 Å². The highest BCUT2D eigenvalue weighted by atomic mass is 79.9. The summed E-state index contributed by atoms with van der Waals surface area (Å²) in [5, 5.41) is 0. The van der Waals surface area contributed by atoms with Crippen LogP contribution < -0.4 is 0 Å². The van der Waals surface area contributed by atoms with Gasteiger partial charge in [-0.3, -0.25) is 0 Å². The second kappa shape index (κ2) is 2.03. The number of rotatable bonds is 0. The Bertz CT molecular complexity index is 222. The maximum Gasteiger partial charge on any atom is 0.0232 e. The molecule has 0 N–H and O–H groups in total. The van der Waals surface area contributed by atoms with Crippen LogP contribution in [0.15, 0.2) is 27.6 Å². The van der Waals surface area contributed by atoms with Crippen molar-refractivity contribution in [2.24, 2.45) is 0 Å². The molecule has 1 aliphatic heterocycles. The molecule has 0 radical (unpaired) electrons. The number of hydrogen-bond donors (Lipinski definition) is 0. The van der Waals surface area contributed by atoms with Gasteiger partial charge in [-0.15, -0.1) is 11.8 Å². The predicted molar refractivity (Wildman–Crippen MR) is 43.7 cm³/mol. The molecule has 0 fully saturated rings. The Morgan fingerprint density at radius 1 is 1.33 bits per heavy atom. The Morgan fingerprint density at radius 2 is 2.22 bits per heavy atom. The van der Waals surface area contributed by atoms with Crippen molar-refractivity contribution in [3.05, 3.63) is 28.2 Å². The van der Waals surface area contributed by atoms with Crippen molar-refractivity contribution in [3.8, 4) is 0 Å². The number of halogens is 1. The molecule has 2 heteroatoms. The van der Waals surface area contributed by atoms with Crippen molar-refractivity contribution >= 4 is 27.7 Å². The van der Waals surface area contributed by atoms with E-state index in [0.717, 1.165) is 5.75 Å². The Balaban J connectivity index is 2.64. The van der Waals surface area contributed by atoms with Gasteiger partial charge in [0.1, 0.15) is 0 Å². The highest BCUT2D eigenvalue weighted by Crippen LogP contribution is 2.33. The lowest BCUT2D eigenvalue weighted by Crippen LogP contribution is -1.68. The molecule has 0 spiro atoms. The van der Waals surface area contributed by atoms with E-state index in [1.165, 1.54) is 14.9 Å². The molecule has 1 aromatic rings. The van der Waals surface area contributed by atoms with Crippen molar-refractivity contribution in [3.63, 3.8) is 0 Å². The van der Waals surface area contributed by atoms with Gasteiger partial charge in [-0.25, -0.2) is 0 Å². The maximum absolute atomic E-state index is 3.44. The van der Waals surface area contributed by atoms with Gasteiger partial charge in [-0.1, -0.05) is 15.9 Å². The normalized spacial score (nSPS) is 14.3. The highest BCUT2D eigenvalue weighted by molar-refractivity contribution is 9.10. The molecular weight excluding hydrogens is 196 g/mol. The van der Waals surface area contributed by atoms with Gasteiger partial charge < -0.3 is 0 Å². The first-order chi connectivity index (χ1) is 4.34. The van der Waals surface area contributed by atoms with Crippen LogP contribution in [0.3, 0.4) is 0 Å². The molecule has 0 saturated carbocycles. The van der Waals surface area contributed by atoms with Crippen molar-refractivity contribution in [2.45, 2.75) is 10.6 Å². The van der Waals surface area contributed by atoms with Gasteiger partial charge in [0, 0.05) is 15.1 Å². The molecule has 46 valence electrons. The minimum Gasteiger partial charge on any atom is -0.121 e. The lowest BCUT2D eigenvalue weighted by molar-refractivity contribution is 1.39. The van der Waals surface area contributed by atoms with E-state index >= 15 is 0 Å². The molecule has 1 aromatic carbocycles. The molecule has 0 saturated heterocycles. The third kappa shape index (κ3) is 1.01. The summed E-state index contributed by atoms with van der Waals surface area (Å²) in [5.74, 6) is 1.15. The second-order valence-electron chi connectivity index (χ2n) is 2.08. The molecule has 0 aromatic heterocycles. The van der Waals surface area contributed by atoms with Crippen LogP contribution in [0.1, 0.15) is 5.56 Å². The first-order valence-corrected chi connectivity index (χ1v) is 4.55. The number of thioether (sulfide) groups is 1. The van der Waals surface area contributed by atoms with Crippen LogP contribution in [0.25, 0.3) is 0 Å². The topological polar surface area (TPSA) is 0 Å². The fourth-order valence-corrected chi connectivity index (χ4v) is 2.59. The summed E-state index contributed by atoms with van der Waals surface area (Å²) in [4.78, 5) is 1.39. The van der Waals surface area contributed by atoms with E-state index in [1.54, 1.807) is 0 Å². The van der Waals surface area contributed by atoms with Crippen molar-refractivity contribution in [2.75, 3.05) is 0 Å². The zero-order valence-corrected chi connectivity index (χ0v) is 7.13. The average Bonchev–Trinajstić information content (AvgIpc) is 2.11. The standard InChI is InChI=1S/C7H5BrS/c8-6-1-5-2-7(3-6)9-4-5/h1-3H,4H2. The van der Waals surface area contributed by atoms with E-state index in [1.807, 2.05) is 11.8 Å². The molecule has 0 atom stereocenters. The minimum atomic E-state index is 1.15. The van der Waals surface area contributed by atoms with Gasteiger partial charge in [0.15, 0.2) is 0 Å². The molecule has 1 heterocycles. The van der Waals surface area contributed by atoms with Gasteiger partial charge >= 0.3 is 0 Å². The monoisotopic (exact) mass is 200 g/mol. The zero-order chi connectivity index (χ0) is 6.27. The fraction of sp³-hybridized carbons (Fsp3) is 0.143. The molecule has 0 aliphatic carbocycles. The lowest BCUT2D eigenvalue weighted by Gasteiger charge is -1.88. The largest absolute Gasteiger partial charge is 0.121 e. The van der Waals surface area contributed by atoms with E-state index in [4.69, 9.17) is 0 Å². The molecule has 0 nitrogen and oxygen atoms in total. The summed E-state index contributed by atoms with van der Waals surface area (Å²) >= 11 is 5.34. The first-order valence-electron chi connectivity index (χ1n) is 2.77. The van der Waals surface area contributed by atoms with Gasteiger partial charge in [-0.05, 0) is 23.8 Å². The minimum absolute atomic E-state index is 1.15. The predicted octanol–water partition coefficient (Wildman–Crippen LogP) is 3.05. The number of fused-ring (bicyclic) bond motifs is 2. The number of hydrogen-bond acceptors (Lipinski definition) is 1. The Morgan fingerprint density at radius 3 is 3.00 bits per heavy atom. The van der Waals surface area contributed by atoms with Gasteiger partial charge in [0.05, 0.1) is 0 Å². The SMILES string of the molecule is Brc1cc2cc(c1)SC2. The van der Waals surface area contributed by atoms with E-state index in [0.29, 0.717) is 0 Å². The summed E-state index contributed by atoms with van der Waals surface area (Å²) in [7, 11) is 0. The van der Waals surface area contributed by atoms with Crippen LogP contribution in [-0.4, -0.2) is 0 Å². The Kier molecular flexibility index (Phi) is 1.31. The average molecular weight is 201 g/mol. The van der Waals surface area contributed by atoms with E-state index in [-0.39, 0.29) is 0 Å². The molecule has 1 aliphatic rings. The summed E-state index contributed by atoms with van der Waals surface area (Å²) in [6.07, 6.45) is 0. The molecule has 2 rings (SSSR count). The van der Waals surface area contributed by atoms with Crippen molar-refractivity contribution in [1.29, 1.82) is 0 Å². The molecule has 2 bridgehead atoms. The van der Waals surface area contributed by atoms with Crippen LogP contribution in [0.4, 0.5) is 0 Å². The van der Waals surface area contributed by atoms with Crippen LogP contribution in [0, 0.1) is 0 Å². The van der Waals surface area contributed by atoms with Crippen LogP contribution in [0.5, 0.6) is 0 Å². The Hall–Kier alpha value is 0.0500. The maximum atomic E-state index is 3.44. The van der Waals surface area contributed by atoms with Crippen LogP contribution in [0.2, 0.25) is 0 Å². The van der Waals surface area contributed by atoms with Crippen molar-refractivity contribution < 1.29 is 0 Å². The smallest absolute Gasteiger partial charge is 0.0232 e. The van der Waals surface area contributed by atoms with Gasteiger partial charge in [0.25, 0.3) is 0 Å². The van der Waals surface area contributed by atoms with Gasteiger partial charge in [0.2, 0.25) is 0 Å².